The second kappa shape index (κ2) is 6.74. The lowest BCUT2D eigenvalue weighted by molar-refractivity contribution is 0.615. The van der Waals surface area contributed by atoms with Gasteiger partial charge in [-0.05, 0) is 31.9 Å². The predicted molar refractivity (Wildman–Crippen MR) is 71.2 cm³/mol. The highest BCUT2D eigenvalue weighted by atomic mass is 35.5. The van der Waals surface area contributed by atoms with E-state index in [0.717, 1.165) is 11.3 Å². The summed E-state index contributed by atoms with van der Waals surface area (Å²) >= 11 is 5.88. The third-order valence-corrected chi connectivity index (χ3v) is 3.06. The maximum Gasteiger partial charge on any atom is 0.132 e. The minimum Gasteiger partial charge on any atom is -0.381 e. The first-order valence-corrected chi connectivity index (χ1v) is 6.40. The number of nitrogens with one attached hydrogen (secondary N) is 1. The van der Waals surface area contributed by atoms with Crippen LogP contribution in [0.4, 0.5) is 5.69 Å². The van der Waals surface area contributed by atoms with Crippen LogP contribution in [0.25, 0.3) is 0 Å². The molecule has 2 nitrogen and oxygen atoms in total. The van der Waals surface area contributed by atoms with Gasteiger partial charge >= 0.3 is 0 Å². The van der Waals surface area contributed by atoms with Crippen molar-refractivity contribution in [1.29, 1.82) is 0 Å². The van der Waals surface area contributed by atoms with E-state index in [1.807, 2.05) is 13.0 Å². The number of hydrogen-bond acceptors (Lipinski definition) is 2. The molecule has 1 aromatic heterocycles. The summed E-state index contributed by atoms with van der Waals surface area (Å²) in [7, 11) is 0. The maximum atomic E-state index is 5.88. The molecular formula is C13H21ClN2. The monoisotopic (exact) mass is 240 g/mol. The summed E-state index contributed by atoms with van der Waals surface area (Å²) in [6.07, 6.45) is 6.87. The number of unbranched alkanes of at least 4 members (excludes halogenated alkanes) is 2. The number of rotatable bonds is 6. The van der Waals surface area contributed by atoms with E-state index >= 15 is 0 Å². The van der Waals surface area contributed by atoms with Gasteiger partial charge in [-0.15, -0.1) is 0 Å². The Morgan fingerprint density at radius 3 is 2.81 bits per heavy atom. The largest absolute Gasteiger partial charge is 0.381 e. The Kier molecular flexibility index (Phi) is 5.61. The van der Waals surface area contributed by atoms with Crippen molar-refractivity contribution in [2.75, 3.05) is 5.32 Å². The van der Waals surface area contributed by atoms with Crippen LogP contribution >= 0.6 is 11.6 Å². The molecule has 16 heavy (non-hydrogen) atoms. The minimum atomic E-state index is 0.494. The van der Waals surface area contributed by atoms with Crippen LogP contribution in [0.1, 0.15) is 45.1 Å². The highest BCUT2D eigenvalue weighted by Gasteiger charge is 2.03. The molecule has 0 saturated heterocycles. The van der Waals surface area contributed by atoms with Gasteiger partial charge in [0, 0.05) is 6.04 Å². The molecule has 0 radical (unpaired) electrons. The number of anilines is 1. The average molecular weight is 241 g/mol. The SMILES string of the molecule is CCCCCC(C)Nc1cnc(Cl)c(C)c1. The topological polar surface area (TPSA) is 24.9 Å². The number of aromatic nitrogens is 1. The lowest BCUT2D eigenvalue weighted by atomic mass is 10.1. The Hall–Kier alpha value is -0.760. The van der Waals surface area contributed by atoms with Crippen molar-refractivity contribution in [3.63, 3.8) is 0 Å². The Labute approximate surface area is 103 Å². The van der Waals surface area contributed by atoms with E-state index in [1.54, 1.807) is 6.20 Å². The first kappa shape index (κ1) is 13.3. The van der Waals surface area contributed by atoms with Gasteiger partial charge in [-0.1, -0.05) is 37.8 Å². The Morgan fingerprint density at radius 1 is 1.44 bits per heavy atom. The minimum absolute atomic E-state index is 0.494. The fraction of sp³-hybridized carbons (Fsp3) is 0.615. The normalized spacial score (nSPS) is 12.5. The molecule has 0 aromatic carbocycles. The maximum absolute atomic E-state index is 5.88. The molecular weight excluding hydrogens is 220 g/mol. The van der Waals surface area contributed by atoms with Gasteiger partial charge < -0.3 is 5.32 Å². The van der Waals surface area contributed by atoms with Crippen molar-refractivity contribution in [3.8, 4) is 0 Å². The van der Waals surface area contributed by atoms with Crippen molar-refractivity contribution in [1.82, 2.24) is 4.98 Å². The number of hydrogen-bond donors (Lipinski definition) is 1. The molecule has 0 spiro atoms. The zero-order valence-electron chi connectivity index (χ0n) is 10.4. The fourth-order valence-electron chi connectivity index (χ4n) is 1.69. The van der Waals surface area contributed by atoms with E-state index in [0.29, 0.717) is 11.2 Å². The first-order chi connectivity index (χ1) is 7.63. The van der Waals surface area contributed by atoms with E-state index in [1.165, 1.54) is 25.7 Å². The van der Waals surface area contributed by atoms with Crippen LogP contribution in [-0.2, 0) is 0 Å². The molecule has 0 amide bonds. The third-order valence-electron chi connectivity index (χ3n) is 2.67. The smallest absolute Gasteiger partial charge is 0.132 e. The quantitative estimate of drug-likeness (QED) is 0.588. The van der Waals surface area contributed by atoms with Gasteiger partial charge in [0.2, 0.25) is 0 Å². The summed E-state index contributed by atoms with van der Waals surface area (Å²) in [6.45, 7) is 6.41. The lowest BCUT2D eigenvalue weighted by Gasteiger charge is -2.15. The molecule has 90 valence electrons. The molecule has 0 saturated carbocycles. The molecule has 3 heteroatoms. The summed E-state index contributed by atoms with van der Waals surface area (Å²) < 4.78 is 0. The second-order valence-electron chi connectivity index (χ2n) is 4.37. The zero-order valence-corrected chi connectivity index (χ0v) is 11.1. The van der Waals surface area contributed by atoms with Crippen molar-refractivity contribution < 1.29 is 0 Å². The van der Waals surface area contributed by atoms with Crippen molar-refractivity contribution >= 4 is 17.3 Å². The van der Waals surface area contributed by atoms with Crippen LogP contribution in [0, 0.1) is 6.92 Å². The molecule has 0 bridgehead atoms. The van der Waals surface area contributed by atoms with Gasteiger partial charge in [-0.3, -0.25) is 0 Å². The molecule has 1 rings (SSSR count). The van der Waals surface area contributed by atoms with E-state index in [2.05, 4.69) is 24.1 Å². The number of pyridine rings is 1. The molecule has 1 atom stereocenters. The standard InChI is InChI=1S/C13H21ClN2/c1-4-5-6-7-11(3)16-12-8-10(2)13(14)15-9-12/h8-9,11,16H,4-7H2,1-3H3. The summed E-state index contributed by atoms with van der Waals surface area (Å²) in [5, 5.41) is 4.03. The van der Waals surface area contributed by atoms with Crippen molar-refractivity contribution in [2.45, 2.75) is 52.5 Å². The van der Waals surface area contributed by atoms with E-state index in [-0.39, 0.29) is 0 Å². The lowest BCUT2D eigenvalue weighted by Crippen LogP contribution is -2.15. The van der Waals surface area contributed by atoms with Gasteiger partial charge in [-0.2, -0.15) is 0 Å². The van der Waals surface area contributed by atoms with Crippen LogP contribution in [-0.4, -0.2) is 11.0 Å². The molecule has 1 unspecified atom stereocenters. The van der Waals surface area contributed by atoms with Gasteiger partial charge in [0.25, 0.3) is 0 Å². The summed E-state index contributed by atoms with van der Waals surface area (Å²) in [6, 6.07) is 2.54. The summed E-state index contributed by atoms with van der Waals surface area (Å²) in [5.41, 5.74) is 2.08. The van der Waals surface area contributed by atoms with Gasteiger partial charge in [-0.25, -0.2) is 4.98 Å². The Balaban J connectivity index is 2.43. The molecule has 0 aliphatic heterocycles. The van der Waals surface area contributed by atoms with E-state index < -0.39 is 0 Å². The van der Waals surface area contributed by atoms with Gasteiger partial charge in [0.05, 0.1) is 11.9 Å². The number of nitrogens with zero attached hydrogens (tertiary/aromatic N) is 1. The molecule has 1 N–H and O–H groups in total. The average Bonchev–Trinajstić information content (AvgIpc) is 2.24. The van der Waals surface area contributed by atoms with Crippen LogP contribution in [0.15, 0.2) is 12.3 Å². The number of halogens is 1. The highest BCUT2D eigenvalue weighted by Crippen LogP contribution is 2.17. The molecule has 1 aromatic rings. The van der Waals surface area contributed by atoms with Crippen LogP contribution in [0.3, 0.4) is 0 Å². The Bertz CT molecular complexity index is 326. The molecule has 0 aliphatic carbocycles. The fourth-order valence-corrected chi connectivity index (χ4v) is 1.80. The third kappa shape index (κ3) is 4.40. The highest BCUT2D eigenvalue weighted by molar-refractivity contribution is 6.30. The second-order valence-corrected chi connectivity index (χ2v) is 4.73. The number of aryl methyl sites for hydroxylation is 1. The van der Waals surface area contributed by atoms with Crippen LogP contribution in [0.5, 0.6) is 0 Å². The predicted octanol–water partition coefficient (Wildman–Crippen LogP) is 4.42. The molecule has 0 aliphatic rings. The first-order valence-electron chi connectivity index (χ1n) is 6.02. The van der Waals surface area contributed by atoms with Crippen LogP contribution < -0.4 is 5.32 Å². The zero-order chi connectivity index (χ0) is 12.0. The van der Waals surface area contributed by atoms with Crippen LogP contribution in [0.2, 0.25) is 5.15 Å². The van der Waals surface area contributed by atoms with Gasteiger partial charge in [0.1, 0.15) is 5.15 Å². The summed E-state index contributed by atoms with van der Waals surface area (Å²) in [4.78, 5) is 4.13. The molecule has 1 heterocycles. The van der Waals surface area contributed by atoms with E-state index in [9.17, 15) is 0 Å². The summed E-state index contributed by atoms with van der Waals surface area (Å²) in [5.74, 6) is 0. The van der Waals surface area contributed by atoms with E-state index in [4.69, 9.17) is 11.6 Å². The molecule has 0 fully saturated rings. The van der Waals surface area contributed by atoms with Crippen molar-refractivity contribution in [2.24, 2.45) is 0 Å². The Morgan fingerprint density at radius 2 is 2.19 bits per heavy atom. The van der Waals surface area contributed by atoms with Gasteiger partial charge in [0.15, 0.2) is 0 Å². The van der Waals surface area contributed by atoms with Crippen molar-refractivity contribution in [3.05, 3.63) is 23.0 Å².